The summed E-state index contributed by atoms with van der Waals surface area (Å²) in [5.41, 5.74) is 2.88. The molecule has 5 heteroatoms. The Hall–Kier alpha value is -1.56. The van der Waals surface area contributed by atoms with E-state index in [4.69, 9.17) is 14.2 Å². The van der Waals surface area contributed by atoms with E-state index in [0.29, 0.717) is 19.8 Å². The SMILES string of the molecule is CCCCCC(C)(C)c1ccc(OCCOCCN(C)Cc2ccc(OCCCCCCCBr)cc2)cc1. The van der Waals surface area contributed by atoms with Crippen molar-refractivity contribution in [2.75, 3.05) is 45.4 Å². The summed E-state index contributed by atoms with van der Waals surface area (Å²) in [6, 6.07) is 17.1. The molecule has 0 bridgehead atoms. The Morgan fingerprint density at radius 3 is 2.03 bits per heavy atom. The van der Waals surface area contributed by atoms with Crippen molar-refractivity contribution in [2.24, 2.45) is 0 Å². The maximum atomic E-state index is 5.89. The zero-order valence-corrected chi connectivity index (χ0v) is 26.1. The predicted octanol–water partition coefficient (Wildman–Crippen LogP) is 8.80. The van der Waals surface area contributed by atoms with Crippen molar-refractivity contribution in [2.45, 2.75) is 90.5 Å². The number of rotatable bonds is 22. The molecule has 0 aliphatic rings. The van der Waals surface area contributed by atoms with Crippen LogP contribution in [0.3, 0.4) is 0 Å². The Kier molecular flexibility index (Phi) is 16.7. The number of benzene rings is 2. The fourth-order valence-corrected chi connectivity index (χ4v) is 4.90. The van der Waals surface area contributed by atoms with Gasteiger partial charge < -0.3 is 14.2 Å². The largest absolute Gasteiger partial charge is 0.494 e. The molecule has 0 aromatic heterocycles. The minimum absolute atomic E-state index is 0.213. The number of likely N-dealkylation sites (N-methyl/N-ethyl adjacent to an activating group) is 1. The molecule has 0 heterocycles. The normalized spacial score (nSPS) is 11.7. The van der Waals surface area contributed by atoms with Gasteiger partial charge in [-0.3, -0.25) is 4.90 Å². The van der Waals surface area contributed by atoms with Crippen molar-refractivity contribution in [1.82, 2.24) is 4.90 Å². The summed E-state index contributed by atoms with van der Waals surface area (Å²) in [5, 5.41) is 1.11. The maximum absolute atomic E-state index is 5.89. The zero-order valence-electron chi connectivity index (χ0n) is 24.5. The molecule has 0 saturated heterocycles. The lowest BCUT2D eigenvalue weighted by atomic mass is 9.80. The minimum atomic E-state index is 0.213. The number of nitrogens with zero attached hydrogens (tertiary/aromatic N) is 1. The van der Waals surface area contributed by atoms with Crippen LogP contribution in [-0.2, 0) is 16.7 Å². The summed E-state index contributed by atoms with van der Waals surface area (Å²) in [5.74, 6) is 1.88. The van der Waals surface area contributed by atoms with Crippen molar-refractivity contribution >= 4 is 15.9 Å². The van der Waals surface area contributed by atoms with Crippen LogP contribution in [0, 0.1) is 0 Å². The molecule has 0 fully saturated rings. The molecule has 0 aliphatic carbocycles. The first-order valence-corrected chi connectivity index (χ1v) is 15.8. The van der Waals surface area contributed by atoms with Crippen molar-refractivity contribution < 1.29 is 14.2 Å². The molecule has 0 radical (unpaired) electrons. The van der Waals surface area contributed by atoms with E-state index in [-0.39, 0.29) is 5.41 Å². The molecule has 2 aromatic rings. The topological polar surface area (TPSA) is 30.9 Å². The van der Waals surface area contributed by atoms with Gasteiger partial charge in [-0.05, 0) is 67.1 Å². The molecular weight excluding hydrogens is 538 g/mol. The lowest BCUT2D eigenvalue weighted by Gasteiger charge is -2.25. The zero-order chi connectivity index (χ0) is 27.5. The van der Waals surface area contributed by atoms with Gasteiger partial charge in [-0.1, -0.05) is 99.5 Å². The van der Waals surface area contributed by atoms with Crippen LogP contribution >= 0.6 is 15.9 Å². The highest BCUT2D eigenvalue weighted by Gasteiger charge is 2.19. The molecule has 38 heavy (non-hydrogen) atoms. The van der Waals surface area contributed by atoms with E-state index in [9.17, 15) is 0 Å². The average molecular weight is 591 g/mol. The second kappa shape index (κ2) is 19.5. The van der Waals surface area contributed by atoms with Crippen molar-refractivity contribution in [3.8, 4) is 11.5 Å². The highest BCUT2D eigenvalue weighted by molar-refractivity contribution is 9.09. The van der Waals surface area contributed by atoms with E-state index in [2.05, 4.69) is 97.2 Å². The first-order chi connectivity index (χ1) is 18.4. The highest BCUT2D eigenvalue weighted by atomic mass is 79.9. The monoisotopic (exact) mass is 589 g/mol. The Morgan fingerprint density at radius 1 is 0.711 bits per heavy atom. The highest BCUT2D eigenvalue weighted by Crippen LogP contribution is 2.30. The summed E-state index contributed by atoms with van der Waals surface area (Å²) in [4.78, 5) is 2.28. The Morgan fingerprint density at radius 2 is 1.34 bits per heavy atom. The Balaban J connectivity index is 1.54. The van der Waals surface area contributed by atoms with Gasteiger partial charge in [-0.2, -0.15) is 0 Å². The second-order valence-corrected chi connectivity index (χ2v) is 11.8. The third-order valence-electron chi connectivity index (χ3n) is 7.08. The molecule has 2 aromatic carbocycles. The number of hydrogen-bond donors (Lipinski definition) is 0. The molecule has 4 nitrogen and oxygen atoms in total. The van der Waals surface area contributed by atoms with Gasteiger partial charge in [-0.15, -0.1) is 0 Å². The van der Waals surface area contributed by atoms with Gasteiger partial charge >= 0.3 is 0 Å². The lowest BCUT2D eigenvalue weighted by molar-refractivity contribution is 0.0836. The minimum Gasteiger partial charge on any atom is -0.494 e. The van der Waals surface area contributed by atoms with Crippen molar-refractivity contribution in [3.05, 3.63) is 59.7 Å². The fraction of sp³-hybridized carbons (Fsp3) is 0.636. The molecule has 0 N–H and O–H groups in total. The van der Waals surface area contributed by atoms with E-state index in [1.54, 1.807) is 0 Å². The molecular formula is C33H52BrNO3. The van der Waals surface area contributed by atoms with Crippen LogP contribution < -0.4 is 9.47 Å². The van der Waals surface area contributed by atoms with Crippen molar-refractivity contribution in [1.29, 1.82) is 0 Å². The van der Waals surface area contributed by atoms with E-state index in [1.807, 2.05) is 0 Å². The first kappa shape index (κ1) is 32.7. The summed E-state index contributed by atoms with van der Waals surface area (Å²) in [6.07, 6.45) is 11.3. The number of hydrogen-bond acceptors (Lipinski definition) is 4. The third kappa shape index (κ3) is 14.0. The van der Waals surface area contributed by atoms with Gasteiger partial charge in [-0.25, -0.2) is 0 Å². The molecule has 2 rings (SSSR count). The van der Waals surface area contributed by atoms with Crippen LogP contribution in [0.1, 0.15) is 89.7 Å². The van der Waals surface area contributed by atoms with Crippen LogP contribution in [-0.4, -0.2) is 50.2 Å². The molecule has 0 amide bonds. The first-order valence-electron chi connectivity index (χ1n) is 14.7. The summed E-state index contributed by atoms with van der Waals surface area (Å²) in [6.45, 7) is 11.4. The van der Waals surface area contributed by atoms with E-state index in [0.717, 1.165) is 42.9 Å². The van der Waals surface area contributed by atoms with Crippen molar-refractivity contribution in [3.63, 3.8) is 0 Å². The Bertz CT molecular complexity index is 838. The molecule has 0 atom stereocenters. The van der Waals surface area contributed by atoms with E-state index < -0.39 is 0 Å². The Labute approximate surface area is 241 Å². The second-order valence-electron chi connectivity index (χ2n) is 11.0. The van der Waals surface area contributed by atoms with Crippen LogP contribution in [0.4, 0.5) is 0 Å². The predicted molar refractivity (Wildman–Crippen MR) is 165 cm³/mol. The van der Waals surface area contributed by atoms with Gasteiger partial charge in [0.15, 0.2) is 0 Å². The van der Waals surface area contributed by atoms with Gasteiger partial charge in [0, 0.05) is 18.4 Å². The van der Waals surface area contributed by atoms with Crippen LogP contribution in [0.15, 0.2) is 48.5 Å². The molecule has 0 unspecified atom stereocenters. The number of ether oxygens (including phenoxy) is 3. The molecule has 0 spiro atoms. The molecule has 0 aliphatic heterocycles. The lowest BCUT2D eigenvalue weighted by Crippen LogP contribution is -2.23. The third-order valence-corrected chi connectivity index (χ3v) is 7.64. The number of halogens is 1. The van der Waals surface area contributed by atoms with E-state index >= 15 is 0 Å². The molecule has 214 valence electrons. The fourth-order valence-electron chi connectivity index (χ4n) is 4.50. The van der Waals surface area contributed by atoms with Crippen LogP contribution in [0.5, 0.6) is 11.5 Å². The quantitative estimate of drug-likeness (QED) is 0.101. The standard InChI is InChI=1S/C33H52BrNO3/c1-5-6-10-21-33(2,3)30-15-19-32(20-16-30)38-27-26-36-25-23-35(4)28-29-13-17-31(18-14-29)37-24-12-9-7-8-11-22-34/h13-20H,5-12,21-28H2,1-4H3. The van der Waals surface area contributed by atoms with Crippen LogP contribution in [0.2, 0.25) is 0 Å². The van der Waals surface area contributed by atoms with Gasteiger partial charge in [0.2, 0.25) is 0 Å². The van der Waals surface area contributed by atoms with Gasteiger partial charge in [0.25, 0.3) is 0 Å². The summed E-state index contributed by atoms with van der Waals surface area (Å²) < 4.78 is 17.6. The number of alkyl halides is 1. The number of unbranched alkanes of at least 4 members (excludes halogenated alkanes) is 6. The summed E-state index contributed by atoms with van der Waals surface area (Å²) >= 11 is 3.49. The van der Waals surface area contributed by atoms with E-state index in [1.165, 1.54) is 62.5 Å². The van der Waals surface area contributed by atoms with Gasteiger partial charge in [0.05, 0.1) is 19.8 Å². The van der Waals surface area contributed by atoms with Gasteiger partial charge in [0.1, 0.15) is 18.1 Å². The van der Waals surface area contributed by atoms with Crippen LogP contribution in [0.25, 0.3) is 0 Å². The average Bonchev–Trinajstić information content (AvgIpc) is 2.91. The molecule has 0 saturated carbocycles. The summed E-state index contributed by atoms with van der Waals surface area (Å²) in [7, 11) is 2.13. The maximum Gasteiger partial charge on any atom is 0.119 e. The smallest absolute Gasteiger partial charge is 0.119 e.